The highest BCUT2D eigenvalue weighted by Crippen LogP contribution is 2.26. The van der Waals surface area contributed by atoms with Crippen LogP contribution in [0.15, 0.2) is 0 Å². The molecule has 1 saturated heterocycles. The lowest BCUT2D eigenvalue weighted by Crippen LogP contribution is -2.47. The summed E-state index contributed by atoms with van der Waals surface area (Å²) in [7, 11) is 0. The van der Waals surface area contributed by atoms with Gasteiger partial charge < -0.3 is 10.6 Å². The van der Waals surface area contributed by atoms with Crippen LogP contribution in [0, 0.1) is 5.92 Å². The molecular formula is C13H25N3O. The zero-order valence-corrected chi connectivity index (χ0v) is 10.7. The zero-order chi connectivity index (χ0) is 11.9. The molecule has 0 unspecified atom stereocenters. The smallest absolute Gasteiger partial charge is 0.234 e. The average molecular weight is 239 g/mol. The van der Waals surface area contributed by atoms with E-state index in [0.29, 0.717) is 6.54 Å². The van der Waals surface area contributed by atoms with E-state index >= 15 is 0 Å². The number of piperazine rings is 1. The summed E-state index contributed by atoms with van der Waals surface area (Å²) in [5, 5.41) is 6.35. The third kappa shape index (κ3) is 4.64. The number of hydrogen-bond acceptors (Lipinski definition) is 3. The van der Waals surface area contributed by atoms with Crippen LogP contribution in [0.1, 0.15) is 32.1 Å². The van der Waals surface area contributed by atoms with Gasteiger partial charge in [-0.1, -0.05) is 25.7 Å². The Morgan fingerprint density at radius 3 is 2.65 bits per heavy atom. The minimum atomic E-state index is 0.199. The Bertz CT molecular complexity index is 233. The number of carbonyl (C=O) groups is 1. The highest BCUT2D eigenvalue weighted by Gasteiger charge is 2.16. The molecule has 17 heavy (non-hydrogen) atoms. The van der Waals surface area contributed by atoms with E-state index in [1.54, 1.807) is 0 Å². The lowest BCUT2D eigenvalue weighted by atomic mass is 10.0. The van der Waals surface area contributed by atoms with Crippen molar-refractivity contribution < 1.29 is 4.79 Å². The molecule has 0 atom stereocenters. The van der Waals surface area contributed by atoms with Crippen molar-refractivity contribution in [3.05, 3.63) is 0 Å². The van der Waals surface area contributed by atoms with E-state index in [9.17, 15) is 4.79 Å². The molecule has 2 aliphatic rings. The molecule has 0 spiro atoms. The van der Waals surface area contributed by atoms with Crippen LogP contribution in [-0.4, -0.2) is 50.1 Å². The van der Waals surface area contributed by atoms with Crippen molar-refractivity contribution in [1.29, 1.82) is 0 Å². The van der Waals surface area contributed by atoms with Gasteiger partial charge in [-0.2, -0.15) is 0 Å². The Kier molecular flexibility index (Phi) is 5.26. The van der Waals surface area contributed by atoms with Gasteiger partial charge in [-0.15, -0.1) is 0 Å². The maximum absolute atomic E-state index is 11.7. The quantitative estimate of drug-likeness (QED) is 0.738. The summed E-state index contributed by atoms with van der Waals surface area (Å²) in [5.74, 6) is 1.07. The highest BCUT2D eigenvalue weighted by atomic mass is 16.2. The summed E-state index contributed by atoms with van der Waals surface area (Å²) >= 11 is 0. The molecule has 0 aromatic heterocycles. The molecule has 2 fully saturated rings. The highest BCUT2D eigenvalue weighted by molar-refractivity contribution is 5.77. The fourth-order valence-corrected chi connectivity index (χ4v) is 2.84. The number of nitrogens with one attached hydrogen (secondary N) is 2. The van der Waals surface area contributed by atoms with Crippen LogP contribution in [0.5, 0.6) is 0 Å². The molecular weight excluding hydrogens is 214 g/mol. The Balaban J connectivity index is 1.53. The third-order valence-corrected chi connectivity index (χ3v) is 3.93. The van der Waals surface area contributed by atoms with Crippen molar-refractivity contribution in [2.75, 3.05) is 39.3 Å². The maximum Gasteiger partial charge on any atom is 0.234 e. The SMILES string of the molecule is O=C(CN1CCNCC1)NCCC1CCCC1. The first-order valence-corrected chi connectivity index (χ1v) is 7.04. The van der Waals surface area contributed by atoms with Gasteiger partial charge in [0.15, 0.2) is 0 Å². The van der Waals surface area contributed by atoms with E-state index in [4.69, 9.17) is 0 Å². The predicted octanol–water partition coefficient (Wildman–Crippen LogP) is 0.588. The van der Waals surface area contributed by atoms with E-state index < -0.39 is 0 Å². The number of carbonyl (C=O) groups excluding carboxylic acids is 1. The second kappa shape index (κ2) is 6.97. The molecule has 0 aromatic rings. The van der Waals surface area contributed by atoms with Gasteiger partial charge in [-0.05, 0) is 12.3 Å². The second-order valence-electron chi connectivity index (χ2n) is 5.32. The van der Waals surface area contributed by atoms with E-state index in [1.807, 2.05) is 0 Å². The van der Waals surface area contributed by atoms with Gasteiger partial charge in [0.2, 0.25) is 5.91 Å². The van der Waals surface area contributed by atoms with Gasteiger partial charge in [-0.3, -0.25) is 9.69 Å². The number of nitrogens with zero attached hydrogens (tertiary/aromatic N) is 1. The molecule has 2 N–H and O–H groups in total. The molecule has 0 radical (unpaired) electrons. The largest absolute Gasteiger partial charge is 0.355 e. The van der Waals surface area contributed by atoms with Crippen LogP contribution < -0.4 is 10.6 Å². The molecule has 1 aliphatic heterocycles. The first-order valence-electron chi connectivity index (χ1n) is 7.04. The molecule has 2 rings (SSSR count). The van der Waals surface area contributed by atoms with Crippen LogP contribution >= 0.6 is 0 Å². The molecule has 0 aromatic carbocycles. The van der Waals surface area contributed by atoms with Crippen LogP contribution in [0.4, 0.5) is 0 Å². The van der Waals surface area contributed by atoms with E-state index in [0.717, 1.165) is 38.6 Å². The Morgan fingerprint density at radius 2 is 1.94 bits per heavy atom. The fourth-order valence-electron chi connectivity index (χ4n) is 2.84. The first-order chi connectivity index (χ1) is 8.34. The summed E-state index contributed by atoms with van der Waals surface area (Å²) in [6, 6.07) is 0. The topological polar surface area (TPSA) is 44.4 Å². The summed E-state index contributed by atoms with van der Waals surface area (Å²) in [5.41, 5.74) is 0. The van der Waals surface area contributed by atoms with Gasteiger partial charge in [0.25, 0.3) is 0 Å². The van der Waals surface area contributed by atoms with Gasteiger partial charge in [0, 0.05) is 32.7 Å². The van der Waals surface area contributed by atoms with Crippen molar-refractivity contribution in [2.24, 2.45) is 5.92 Å². The Labute approximate surface area is 104 Å². The van der Waals surface area contributed by atoms with Gasteiger partial charge in [-0.25, -0.2) is 0 Å². The second-order valence-corrected chi connectivity index (χ2v) is 5.32. The molecule has 98 valence electrons. The lowest BCUT2D eigenvalue weighted by Gasteiger charge is -2.26. The van der Waals surface area contributed by atoms with Crippen LogP contribution in [-0.2, 0) is 4.79 Å². The predicted molar refractivity (Wildman–Crippen MR) is 68.9 cm³/mol. The summed E-state index contributed by atoms with van der Waals surface area (Å²) in [6.45, 7) is 5.46. The van der Waals surface area contributed by atoms with Crippen molar-refractivity contribution in [1.82, 2.24) is 15.5 Å². The van der Waals surface area contributed by atoms with Gasteiger partial charge in [0.1, 0.15) is 0 Å². The lowest BCUT2D eigenvalue weighted by molar-refractivity contribution is -0.122. The molecule has 1 amide bonds. The fraction of sp³-hybridized carbons (Fsp3) is 0.923. The summed E-state index contributed by atoms with van der Waals surface area (Å²) < 4.78 is 0. The minimum absolute atomic E-state index is 0.199. The number of rotatable bonds is 5. The monoisotopic (exact) mass is 239 g/mol. The van der Waals surface area contributed by atoms with Crippen molar-refractivity contribution in [3.8, 4) is 0 Å². The molecule has 1 saturated carbocycles. The Morgan fingerprint density at radius 1 is 1.24 bits per heavy atom. The average Bonchev–Trinajstić information content (AvgIpc) is 2.83. The number of amides is 1. The molecule has 1 aliphatic carbocycles. The molecule has 0 bridgehead atoms. The van der Waals surface area contributed by atoms with Crippen molar-refractivity contribution in [3.63, 3.8) is 0 Å². The van der Waals surface area contributed by atoms with Crippen molar-refractivity contribution in [2.45, 2.75) is 32.1 Å². The van der Waals surface area contributed by atoms with Gasteiger partial charge in [0.05, 0.1) is 6.54 Å². The minimum Gasteiger partial charge on any atom is -0.355 e. The first kappa shape index (κ1) is 12.8. The molecule has 4 nitrogen and oxygen atoms in total. The zero-order valence-electron chi connectivity index (χ0n) is 10.7. The summed E-state index contributed by atoms with van der Waals surface area (Å²) in [4.78, 5) is 13.9. The van der Waals surface area contributed by atoms with Crippen LogP contribution in [0.25, 0.3) is 0 Å². The van der Waals surface area contributed by atoms with E-state index in [2.05, 4.69) is 15.5 Å². The van der Waals surface area contributed by atoms with Gasteiger partial charge >= 0.3 is 0 Å². The van der Waals surface area contributed by atoms with Crippen LogP contribution in [0.2, 0.25) is 0 Å². The molecule has 1 heterocycles. The van der Waals surface area contributed by atoms with Crippen LogP contribution in [0.3, 0.4) is 0 Å². The standard InChI is InChI=1S/C13H25N3O/c17-13(11-16-9-7-14-8-10-16)15-6-5-12-3-1-2-4-12/h12,14H,1-11H2,(H,15,17). The molecule has 4 heteroatoms. The summed E-state index contributed by atoms with van der Waals surface area (Å²) in [6.07, 6.45) is 6.69. The third-order valence-electron chi connectivity index (χ3n) is 3.93. The van der Waals surface area contributed by atoms with Crippen molar-refractivity contribution >= 4 is 5.91 Å². The number of hydrogen-bond donors (Lipinski definition) is 2. The van der Waals surface area contributed by atoms with E-state index in [1.165, 1.54) is 32.1 Å². The van der Waals surface area contributed by atoms with E-state index in [-0.39, 0.29) is 5.91 Å². The Hall–Kier alpha value is -0.610. The normalized spacial score (nSPS) is 22.8. The maximum atomic E-state index is 11.7.